The molecule has 0 aromatic heterocycles. The molecule has 2 rings (SSSR count). The van der Waals surface area contributed by atoms with Crippen LogP contribution in [0.15, 0.2) is 24.3 Å². The molecule has 1 aromatic rings. The zero-order valence-corrected chi connectivity index (χ0v) is 13.7. The van der Waals surface area contributed by atoms with E-state index in [1.807, 2.05) is 4.90 Å². The molecule has 1 aliphatic heterocycles. The number of nitrogens with one attached hydrogen (secondary N) is 1. The summed E-state index contributed by atoms with van der Waals surface area (Å²) in [5, 5.41) is 13.6. The number of benzene rings is 1. The first kappa shape index (κ1) is 17.9. The van der Waals surface area contributed by atoms with Gasteiger partial charge in [0.15, 0.2) is 0 Å². The lowest BCUT2D eigenvalue weighted by atomic mass is 9.96. The number of esters is 1. The number of methoxy groups -OCH3 is 1. The third kappa shape index (κ3) is 4.08. The van der Waals surface area contributed by atoms with Crippen LogP contribution in [0.3, 0.4) is 0 Å². The summed E-state index contributed by atoms with van der Waals surface area (Å²) in [6.45, 7) is 2.96. The number of carbonyl (C=O) groups is 2. The smallest absolute Gasteiger partial charge is 0.308 e. The van der Waals surface area contributed by atoms with Crippen LogP contribution in [0, 0.1) is 16.0 Å². The number of nitro groups is 1. The summed E-state index contributed by atoms with van der Waals surface area (Å²) in [6.07, 6.45) is 1.27. The summed E-state index contributed by atoms with van der Waals surface area (Å²) in [7, 11) is 1.37. The Balaban J connectivity index is 1.96. The van der Waals surface area contributed by atoms with Crippen LogP contribution in [0.1, 0.15) is 19.8 Å². The third-order valence-corrected chi connectivity index (χ3v) is 4.35. The van der Waals surface area contributed by atoms with Gasteiger partial charge in [-0.2, -0.15) is 0 Å². The topological polar surface area (TPSA) is 102 Å². The molecule has 8 nitrogen and oxygen atoms in total. The van der Waals surface area contributed by atoms with Crippen molar-refractivity contribution in [2.24, 2.45) is 5.92 Å². The number of para-hydroxylation sites is 2. The van der Waals surface area contributed by atoms with Crippen molar-refractivity contribution in [3.63, 3.8) is 0 Å². The Morgan fingerprint density at radius 3 is 2.54 bits per heavy atom. The number of nitrogens with zero attached hydrogens (tertiary/aromatic N) is 2. The van der Waals surface area contributed by atoms with Crippen LogP contribution in [-0.4, -0.2) is 47.9 Å². The molecule has 1 unspecified atom stereocenters. The van der Waals surface area contributed by atoms with Crippen LogP contribution in [0.25, 0.3) is 0 Å². The minimum absolute atomic E-state index is 0.128. The number of anilines is 1. The second-order valence-corrected chi connectivity index (χ2v) is 5.77. The second kappa shape index (κ2) is 7.87. The Bertz CT molecular complexity index is 626. The van der Waals surface area contributed by atoms with E-state index in [4.69, 9.17) is 4.74 Å². The Kier molecular flexibility index (Phi) is 5.86. The van der Waals surface area contributed by atoms with Crippen molar-refractivity contribution in [1.82, 2.24) is 4.90 Å². The molecule has 1 amide bonds. The highest BCUT2D eigenvalue weighted by atomic mass is 16.6. The van der Waals surface area contributed by atoms with Gasteiger partial charge in [0.05, 0.1) is 24.0 Å². The van der Waals surface area contributed by atoms with Crippen molar-refractivity contribution in [2.75, 3.05) is 25.5 Å². The van der Waals surface area contributed by atoms with Crippen LogP contribution in [-0.2, 0) is 14.3 Å². The number of carbonyl (C=O) groups excluding carboxylic acids is 2. The van der Waals surface area contributed by atoms with Gasteiger partial charge in [-0.05, 0) is 38.9 Å². The average Bonchev–Trinajstić information content (AvgIpc) is 2.60. The predicted octanol–water partition coefficient (Wildman–Crippen LogP) is 1.81. The molecule has 1 atom stereocenters. The number of likely N-dealkylation sites (tertiary alicyclic amines) is 1. The normalized spacial score (nSPS) is 17.1. The summed E-state index contributed by atoms with van der Waals surface area (Å²) >= 11 is 0. The molecule has 1 saturated heterocycles. The summed E-state index contributed by atoms with van der Waals surface area (Å²) < 4.78 is 4.75. The minimum Gasteiger partial charge on any atom is -0.469 e. The molecular formula is C16H21N3O5. The van der Waals surface area contributed by atoms with Gasteiger partial charge in [-0.3, -0.25) is 24.6 Å². The van der Waals surface area contributed by atoms with Crippen LogP contribution in [0.4, 0.5) is 11.4 Å². The van der Waals surface area contributed by atoms with Gasteiger partial charge in [0.1, 0.15) is 5.69 Å². The molecule has 1 aromatic carbocycles. The van der Waals surface area contributed by atoms with Gasteiger partial charge in [-0.15, -0.1) is 0 Å². The lowest BCUT2D eigenvalue weighted by Crippen LogP contribution is -2.47. The highest BCUT2D eigenvalue weighted by Crippen LogP contribution is 2.24. The van der Waals surface area contributed by atoms with Gasteiger partial charge >= 0.3 is 5.97 Å². The number of nitro benzene ring substituents is 1. The number of piperidine rings is 1. The van der Waals surface area contributed by atoms with E-state index in [0.717, 1.165) is 0 Å². The molecule has 130 valence electrons. The van der Waals surface area contributed by atoms with E-state index in [1.165, 1.54) is 19.2 Å². The largest absolute Gasteiger partial charge is 0.469 e. The standard InChI is InChI=1S/C16H21N3O5/c1-11(18-9-7-12(8-10-18)16(21)24-2)15(20)17-13-5-3-4-6-14(13)19(22)23/h3-6,11-12H,7-10H2,1-2H3,(H,17,20). The SMILES string of the molecule is COC(=O)C1CCN(C(C)C(=O)Nc2ccccc2[N+](=O)[O-])CC1. The summed E-state index contributed by atoms with van der Waals surface area (Å²) in [5.41, 5.74) is 0.0475. The fraction of sp³-hybridized carbons (Fsp3) is 0.500. The lowest BCUT2D eigenvalue weighted by molar-refractivity contribution is -0.383. The van der Waals surface area contributed by atoms with E-state index >= 15 is 0 Å². The molecule has 0 spiro atoms. The fourth-order valence-electron chi connectivity index (χ4n) is 2.83. The first-order valence-electron chi connectivity index (χ1n) is 7.80. The van der Waals surface area contributed by atoms with E-state index in [9.17, 15) is 19.7 Å². The third-order valence-electron chi connectivity index (χ3n) is 4.35. The number of amides is 1. The van der Waals surface area contributed by atoms with Gasteiger partial charge in [0.2, 0.25) is 5.91 Å². The zero-order valence-electron chi connectivity index (χ0n) is 13.7. The number of hydrogen-bond acceptors (Lipinski definition) is 6. The minimum atomic E-state index is -0.526. The van der Waals surface area contributed by atoms with Gasteiger partial charge < -0.3 is 10.1 Å². The average molecular weight is 335 g/mol. The summed E-state index contributed by atoms with van der Waals surface area (Å²) in [4.78, 5) is 36.4. The molecule has 1 fully saturated rings. The Morgan fingerprint density at radius 1 is 1.33 bits per heavy atom. The molecule has 1 N–H and O–H groups in total. The van der Waals surface area contributed by atoms with Crippen molar-refractivity contribution in [2.45, 2.75) is 25.8 Å². The van der Waals surface area contributed by atoms with Gasteiger partial charge in [-0.1, -0.05) is 12.1 Å². The summed E-state index contributed by atoms with van der Waals surface area (Å²) in [5.74, 6) is -0.649. The van der Waals surface area contributed by atoms with Crippen molar-refractivity contribution in [3.05, 3.63) is 34.4 Å². The molecule has 24 heavy (non-hydrogen) atoms. The van der Waals surface area contributed by atoms with Crippen LogP contribution in [0.2, 0.25) is 0 Å². The van der Waals surface area contributed by atoms with Crippen molar-refractivity contribution >= 4 is 23.3 Å². The molecular weight excluding hydrogens is 314 g/mol. The second-order valence-electron chi connectivity index (χ2n) is 5.77. The predicted molar refractivity (Wildman–Crippen MR) is 87.5 cm³/mol. The number of rotatable bonds is 5. The maximum Gasteiger partial charge on any atom is 0.308 e. The molecule has 0 aliphatic carbocycles. The Labute approximate surface area is 139 Å². The monoisotopic (exact) mass is 335 g/mol. The van der Waals surface area contributed by atoms with E-state index in [0.29, 0.717) is 25.9 Å². The summed E-state index contributed by atoms with van der Waals surface area (Å²) in [6, 6.07) is 5.60. The van der Waals surface area contributed by atoms with Crippen LogP contribution >= 0.6 is 0 Å². The van der Waals surface area contributed by atoms with Gasteiger partial charge in [0.25, 0.3) is 5.69 Å². The van der Waals surface area contributed by atoms with Gasteiger partial charge in [0, 0.05) is 6.07 Å². The van der Waals surface area contributed by atoms with E-state index in [1.54, 1.807) is 19.1 Å². The molecule has 8 heteroatoms. The fourth-order valence-corrected chi connectivity index (χ4v) is 2.83. The van der Waals surface area contributed by atoms with Crippen molar-refractivity contribution in [3.8, 4) is 0 Å². The molecule has 0 bridgehead atoms. The quantitative estimate of drug-likeness (QED) is 0.500. The maximum absolute atomic E-state index is 12.4. The van der Waals surface area contributed by atoms with E-state index in [-0.39, 0.29) is 29.2 Å². The van der Waals surface area contributed by atoms with E-state index in [2.05, 4.69) is 5.32 Å². The first-order valence-corrected chi connectivity index (χ1v) is 7.80. The molecule has 1 aliphatic rings. The molecule has 0 radical (unpaired) electrons. The Hall–Kier alpha value is -2.48. The van der Waals surface area contributed by atoms with E-state index < -0.39 is 11.0 Å². The maximum atomic E-state index is 12.4. The van der Waals surface area contributed by atoms with Gasteiger partial charge in [-0.25, -0.2) is 0 Å². The molecule has 1 heterocycles. The number of ether oxygens (including phenoxy) is 1. The highest BCUT2D eigenvalue weighted by Gasteiger charge is 2.30. The number of hydrogen-bond donors (Lipinski definition) is 1. The molecule has 0 saturated carbocycles. The van der Waals surface area contributed by atoms with Crippen molar-refractivity contribution < 1.29 is 19.2 Å². The van der Waals surface area contributed by atoms with Crippen molar-refractivity contribution in [1.29, 1.82) is 0 Å². The first-order chi connectivity index (χ1) is 11.4. The van der Waals surface area contributed by atoms with Crippen LogP contribution in [0.5, 0.6) is 0 Å². The Morgan fingerprint density at radius 2 is 1.96 bits per heavy atom. The lowest BCUT2D eigenvalue weighted by Gasteiger charge is -2.34. The van der Waals surface area contributed by atoms with Crippen LogP contribution < -0.4 is 5.32 Å². The highest BCUT2D eigenvalue weighted by molar-refractivity contribution is 5.96. The zero-order chi connectivity index (χ0) is 17.7.